The molecule has 6 atom stereocenters. The fourth-order valence-electron chi connectivity index (χ4n) is 3.99. The van der Waals surface area contributed by atoms with Crippen LogP contribution in [0.3, 0.4) is 0 Å². The van der Waals surface area contributed by atoms with Crippen molar-refractivity contribution in [2.24, 2.45) is 5.92 Å². The number of alkyl halides is 3. The molecule has 0 aromatic carbocycles. The summed E-state index contributed by atoms with van der Waals surface area (Å²) in [5, 5.41) is 10.4. The molecule has 2 saturated heterocycles. The van der Waals surface area contributed by atoms with E-state index in [9.17, 15) is 18.3 Å². The predicted octanol–water partition coefficient (Wildman–Crippen LogP) is 0.436. The highest BCUT2D eigenvalue weighted by molar-refractivity contribution is 6.25. The second kappa shape index (κ2) is 5.99. The number of methoxy groups -OCH3 is 1. The first kappa shape index (κ1) is 19.2. The fraction of sp³-hybridized carbons (Fsp3) is 0.867. The van der Waals surface area contributed by atoms with Gasteiger partial charge < -0.3 is 24.1 Å². The highest BCUT2D eigenvalue weighted by Crippen LogP contribution is 2.60. The van der Waals surface area contributed by atoms with E-state index in [0.29, 0.717) is 6.61 Å². The summed E-state index contributed by atoms with van der Waals surface area (Å²) in [6, 6.07) is 0. The van der Waals surface area contributed by atoms with Crippen LogP contribution < -0.4 is 0 Å². The molecule has 0 aromatic rings. The topological polar surface area (TPSA) is 63.8 Å². The van der Waals surface area contributed by atoms with Gasteiger partial charge >= 0.3 is 6.18 Å². The molecule has 1 spiro atoms. The number of hydrogen-bond acceptors (Lipinski definition) is 5. The van der Waals surface area contributed by atoms with Gasteiger partial charge in [-0.3, -0.25) is 0 Å². The van der Waals surface area contributed by atoms with E-state index in [-0.39, 0.29) is 24.6 Å². The molecular weight excluding hydrogens is 339 g/mol. The molecule has 2 heterocycles. The molecule has 1 N–H and O–H groups in total. The number of halogens is 3. The highest BCUT2D eigenvalue weighted by atomic mass is 19.4. The van der Waals surface area contributed by atoms with E-state index in [1.165, 1.54) is 7.11 Å². The van der Waals surface area contributed by atoms with E-state index in [1.807, 2.05) is 0 Å². The van der Waals surface area contributed by atoms with Gasteiger partial charge in [-0.05, 0) is 13.3 Å². The minimum atomic E-state index is -4.36. The molecule has 136 valence electrons. The summed E-state index contributed by atoms with van der Waals surface area (Å²) >= 11 is 0. The van der Waals surface area contributed by atoms with E-state index in [4.69, 9.17) is 29.9 Å². The van der Waals surface area contributed by atoms with E-state index in [2.05, 4.69) is 4.74 Å². The van der Waals surface area contributed by atoms with Gasteiger partial charge in [0.1, 0.15) is 33.5 Å². The van der Waals surface area contributed by atoms with E-state index in [1.54, 1.807) is 13.0 Å². The van der Waals surface area contributed by atoms with Gasteiger partial charge in [0, 0.05) is 19.6 Å². The van der Waals surface area contributed by atoms with Crippen LogP contribution >= 0.6 is 0 Å². The molecule has 1 aliphatic carbocycles. The maximum atomic E-state index is 12.1. The summed E-state index contributed by atoms with van der Waals surface area (Å²) in [5.74, 6) is -0.576. The summed E-state index contributed by atoms with van der Waals surface area (Å²) in [6.07, 6.45) is -4.12. The maximum Gasteiger partial charge on any atom is 0.411 e. The third kappa shape index (κ3) is 3.27. The Morgan fingerprint density at radius 2 is 2.08 bits per heavy atom. The SMILES string of the molecule is [B]C1=C[C@]2(CO2)[C@@H](C2(C)O[C@@H]2CCOCC(F)(F)F)[C@]([B])(OC)[C@H]1O. The molecule has 0 aromatic heterocycles. The Kier molecular flexibility index (Phi) is 4.60. The third-order valence-electron chi connectivity index (χ3n) is 5.27. The smallest absolute Gasteiger partial charge is 0.387 e. The summed E-state index contributed by atoms with van der Waals surface area (Å²) in [6.45, 7) is 0.719. The molecule has 0 amide bonds. The van der Waals surface area contributed by atoms with Crippen LogP contribution in [0.5, 0.6) is 0 Å². The molecule has 3 rings (SSSR count). The lowest BCUT2D eigenvalue weighted by Crippen LogP contribution is -2.64. The molecular formula is C15H19B2F3O5. The molecule has 0 bridgehead atoms. The van der Waals surface area contributed by atoms with Crippen molar-refractivity contribution in [2.45, 2.75) is 48.4 Å². The Bertz CT molecular complexity index is 568. The van der Waals surface area contributed by atoms with Gasteiger partial charge in [-0.2, -0.15) is 13.2 Å². The van der Waals surface area contributed by atoms with Crippen molar-refractivity contribution in [1.29, 1.82) is 0 Å². The van der Waals surface area contributed by atoms with Crippen molar-refractivity contribution in [3.05, 3.63) is 11.5 Å². The Morgan fingerprint density at radius 3 is 2.60 bits per heavy atom. The minimum absolute atomic E-state index is 0.106. The summed E-state index contributed by atoms with van der Waals surface area (Å²) in [4.78, 5) is 0. The average Bonchev–Trinajstić information content (AvgIpc) is 3.40. The molecule has 4 radical (unpaired) electrons. The van der Waals surface area contributed by atoms with E-state index in [0.717, 1.165) is 0 Å². The van der Waals surface area contributed by atoms with E-state index < -0.39 is 41.5 Å². The molecule has 10 heteroatoms. The predicted molar refractivity (Wildman–Crippen MR) is 82.3 cm³/mol. The van der Waals surface area contributed by atoms with Gasteiger partial charge in [0.05, 0.1) is 24.3 Å². The second-order valence-corrected chi connectivity index (χ2v) is 7.03. The number of rotatable bonds is 6. The first-order valence-corrected chi connectivity index (χ1v) is 7.95. The van der Waals surface area contributed by atoms with Gasteiger partial charge in [-0.1, -0.05) is 11.5 Å². The highest BCUT2D eigenvalue weighted by Gasteiger charge is 2.74. The minimum Gasteiger partial charge on any atom is -0.387 e. The number of aliphatic hydroxyl groups is 1. The Balaban J connectivity index is 1.70. The molecule has 0 saturated carbocycles. The third-order valence-corrected chi connectivity index (χ3v) is 5.27. The normalized spacial score (nSPS) is 46.2. The number of aliphatic hydroxyl groups excluding tert-OH is 1. The summed E-state index contributed by atoms with van der Waals surface area (Å²) in [7, 11) is 13.5. The standard InChI is InChI=1S/C15H19B2F3O5/c1-12(9(25-12)3-4-23-7-14(18,19)20)11-13(6-24-13)5-8(16)10(21)15(11,17)22-2/h5,9-11,21H,3-4,6-7H2,1-2H3/t9-,10+,11-,12?,13+,15-/m1/s1. The summed E-state index contributed by atoms with van der Waals surface area (Å²) < 4.78 is 57.7. The zero-order valence-corrected chi connectivity index (χ0v) is 14.0. The second-order valence-electron chi connectivity index (χ2n) is 7.03. The lowest BCUT2D eigenvalue weighted by molar-refractivity contribution is -0.174. The number of epoxide rings is 2. The van der Waals surface area contributed by atoms with Crippen molar-refractivity contribution >= 4 is 15.7 Å². The van der Waals surface area contributed by atoms with Crippen LogP contribution in [-0.2, 0) is 18.9 Å². The molecule has 2 aliphatic heterocycles. The van der Waals surface area contributed by atoms with Crippen molar-refractivity contribution < 1.29 is 37.2 Å². The van der Waals surface area contributed by atoms with Crippen LogP contribution in [0.25, 0.3) is 0 Å². The van der Waals surface area contributed by atoms with Crippen LogP contribution in [0.4, 0.5) is 13.2 Å². The Morgan fingerprint density at radius 1 is 1.44 bits per heavy atom. The van der Waals surface area contributed by atoms with Gasteiger partial charge in [0.25, 0.3) is 0 Å². The number of hydrogen-bond donors (Lipinski definition) is 1. The molecule has 25 heavy (non-hydrogen) atoms. The summed E-state index contributed by atoms with van der Waals surface area (Å²) in [5.41, 5.74) is -3.01. The maximum absolute atomic E-state index is 12.1. The van der Waals surface area contributed by atoms with Crippen LogP contribution in [0.1, 0.15) is 13.3 Å². The molecule has 3 aliphatic rings. The van der Waals surface area contributed by atoms with Crippen molar-refractivity contribution in [1.82, 2.24) is 0 Å². The molecule has 5 nitrogen and oxygen atoms in total. The van der Waals surface area contributed by atoms with Gasteiger partial charge in [0.15, 0.2) is 0 Å². The zero-order chi connectivity index (χ0) is 18.7. The molecule has 1 unspecified atom stereocenters. The van der Waals surface area contributed by atoms with E-state index >= 15 is 0 Å². The van der Waals surface area contributed by atoms with Gasteiger partial charge in [-0.15, -0.1) is 0 Å². The van der Waals surface area contributed by atoms with Crippen LogP contribution in [0, 0.1) is 5.92 Å². The van der Waals surface area contributed by atoms with Crippen molar-refractivity contribution in [2.75, 3.05) is 26.9 Å². The zero-order valence-electron chi connectivity index (χ0n) is 14.0. The average molecular weight is 358 g/mol. The first-order valence-electron chi connectivity index (χ1n) is 7.95. The van der Waals surface area contributed by atoms with Crippen molar-refractivity contribution in [3.63, 3.8) is 0 Å². The van der Waals surface area contributed by atoms with Crippen molar-refractivity contribution in [3.8, 4) is 0 Å². The quantitative estimate of drug-likeness (QED) is 0.424. The molecule has 2 fully saturated rings. The monoisotopic (exact) mass is 358 g/mol. The number of ether oxygens (including phenoxy) is 4. The van der Waals surface area contributed by atoms with Gasteiger partial charge in [-0.25, -0.2) is 0 Å². The van der Waals surface area contributed by atoms with Crippen LogP contribution in [0.2, 0.25) is 0 Å². The van der Waals surface area contributed by atoms with Gasteiger partial charge in [0.2, 0.25) is 0 Å². The lowest BCUT2D eigenvalue weighted by Gasteiger charge is -2.49. The van der Waals surface area contributed by atoms with Crippen LogP contribution in [0.15, 0.2) is 11.5 Å². The van der Waals surface area contributed by atoms with Crippen LogP contribution in [-0.4, -0.2) is 82.8 Å². The fourth-order valence-corrected chi connectivity index (χ4v) is 3.99. The Hall–Kier alpha value is -0.540. The largest absolute Gasteiger partial charge is 0.411 e. The first-order chi connectivity index (χ1) is 11.5. The Labute approximate surface area is 146 Å². The lowest BCUT2D eigenvalue weighted by atomic mass is 9.52.